The normalized spacial score (nSPS) is 10.9. The van der Waals surface area contributed by atoms with E-state index in [1.807, 2.05) is 13.1 Å². The number of benzene rings is 1. The third kappa shape index (κ3) is 3.14. The lowest BCUT2D eigenvalue weighted by molar-refractivity contribution is 0.625. The fraction of sp³-hybridized carbons (Fsp3) is 0.357. The molecule has 3 nitrogen and oxygen atoms in total. The molecule has 0 fully saturated rings. The van der Waals surface area contributed by atoms with Gasteiger partial charge in [0.2, 0.25) is 0 Å². The van der Waals surface area contributed by atoms with E-state index in [1.165, 1.54) is 6.07 Å². The van der Waals surface area contributed by atoms with E-state index in [0.29, 0.717) is 5.69 Å². The Balaban J connectivity index is 2.23. The van der Waals surface area contributed by atoms with E-state index >= 15 is 0 Å². The molecule has 1 heterocycles. The number of halogens is 2. The molecule has 102 valence electrons. The third-order valence-electron chi connectivity index (χ3n) is 3.00. The van der Waals surface area contributed by atoms with Crippen molar-refractivity contribution in [2.75, 3.05) is 6.54 Å². The Morgan fingerprint density at radius 1 is 1.42 bits per heavy atom. The van der Waals surface area contributed by atoms with Gasteiger partial charge in [0, 0.05) is 23.9 Å². The van der Waals surface area contributed by atoms with Crippen LogP contribution in [0, 0.1) is 12.7 Å². The molecule has 0 amide bonds. The number of rotatable bonds is 5. The first-order chi connectivity index (χ1) is 9.13. The molecule has 1 aromatic heterocycles. The van der Waals surface area contributed by atoms with E-state index in [1.54, 1.807) is 16.8 Å². The Hall–Kier alpha value is -1.39. The highest BCUT2D eigenvalue weighted by Crippen LogP contribution is 2.20. The van der Waals surface area contributed by atoms with E-state index in [9.17, 15) is 4.39 Å². The van der Waals surface area contributed by atoms with Gasteiger partial charge in [-0.3, -0.25) is 0 Å². The predicted octanol–water partition coefficient (Wildman–Crippen LogP) is 3.47. The van der Waals surface area contributed by atoms with Crippen LogP contribution in [0.5, 0.6) is 0 Å². The molecule has 0 radical (unpaired) electrons. The van der Waals surface area contributed by atoms with Crippen molar-refractivity contribution in [2.45, 2.75) is 26.8 Å². The molecule has 0 saturated heterocycles. The summed E-state index contributed by atoms with van der Waals surface area (Å²) in [6.45, 7) is 5.85. The quantitative estimate of drug-likeness (QED) is 0.851. The Kier molecular flexibility index (Phi) is 4.56. The van der Waals surface area contributed by atoms with Gasteiger partial charge in [0.05, 0.1) is 16.9 Å². The van der Waals surface area contributed by atoms with Crippen molar-refractivity contribution < 1.29 is 4.39 Å². The Morgan fingerprint density at radius 3 is 2.89 bits per heavy atom. The molecular weight excluding hydrogens is 265 g/mol. The van der Waals surface area contributed by atoms with E-state index in [4.69, 9.17) is 11.6 Å². The predicted molar refractivity (Wildman–Crippen MR) is 75.3 cm³/mol. The second kappa shape index (κ2) is 6.17. The van der Waals surface area contributed by atoms with E-state index < -0.39 is 5.82 Å². The van der Waals surface area contributed by atoms with Gasteiger partial charge in [0.25, 0.3) is 0 Å². The fourth-order valence-electron chi connectivity index (χ4n) is 1.89. The van der Waals surface area contributed by atoms with Gasteiger partial charge in [0.15, 0.2) is 0 Å². The van der Waals surface area contributed by atoms with Gasteiger partial charge in [-0.25, -0.2) is 9.07 Å². The zero-order chi connectivity index (χ0) is 13.8. The minimum Gasteiger partial charge on any atom is -0.313 e. The second-order valence-corrected chi connectivity index (χ2v) is 4.85. The smallest absolute Gasteiger partial charge is 0.143 e. The van der Waals surface area contributed by atoms with Crippen molar-refractivity contribution in [1.29, 1.82) is 0 Å². The minimum absolute atomic E-state index is 0.124. The standard InChI is InChI=1S/C14H17ClFN3/c1-3-6-17-8-11-9-18-19(10(11)2)12-4-5-13(15)14(16)7-12/h4-5,7,9,17H,3,6,8H2,1-2H3. The highest BCUT2D eigenvalue weighted by Gasteiger charge is 2.09. The van der Waals surface area contributed by atoms with E-state index in [-0.39, 0.29) is 5.02 Å². The van der Waals surface area contributed by atoms with Crippen LogP contribution in [0.4, 0.5) is 4.39 Å². The monoisotopic (exact) mass is 281 g/mol. The summed E-state index contributed by atoms with van der Waals surface area (Å²) in [5.41, 5.74) is 2.80. The number of hydrogen-bond acceptors (Lipinski definition) is 2. The molecule has 0 bridgehead atoms. The Bertz CT molecular complexity index is 566. The number of hydrogen-bond donors (Lipinski definition) is 1. The molecule has 0 aliphatic heterocycles. The average molecular weight is 282 g/mol. The van der Waals surface area contributed by atoms with Gasteiger partial charge >= 0.3 is 0 Å². The van der Waals surface area contributed by atoms with Crippen LogP contribution in [0.25, 0.3) is 5.69 Å². The van der Waals surface area contributed by atoms with Gasteiger partial charge in [-0.15, -0.1) is 0 Å². The lowest BCUT2D eigenvalue weighted by atomic mass is 10.2. The summed E-state index contributed by atoms with van der Waals surface area (Å²) in [6, 6.07) is 4.70. The summed E-state index contributed by atoms with van der Waals surface area (Å²) in [4.78, 5) is 0. The van der Waals surface area contributed by atoms with Crippen LogP contribution < -0.4 is 5.32 Å². The van der Waals surface area contributed by atoms with Crippen LogP contribution in [-0.4, -0.2) is 16.3 Å². The molecule has 2 aromatic rings. The molecule has 0 unspecified atom stereocenters. The summed E-state index contributed by atoms with van der Waals surface area (Å²) in [5.74, 6) is -0.431. The summed E-state index contributed by atoms with van der Waals surface area (Å²) in [6.07, 6.45) is 2.90. The molecule has 19 heavy (non-hydrogen) atoms. The highest BCUT2D eigenvalue weighted by molar-refractivity contribution is 6.30. The van der Waals surface area contributed by atoms with Crippen molar-refractivity contribution in [2.24, 2.45) is 0 Å². The van der Waals surface area contributed by atoms with Crippen molar-refractivity contribution >= 4 is 11.6 Å². The van der Waals surface area contributed by atoms with Gasteiger partial charge in [-0.05, 0) is 32.0 Å². The Labute approximate surface area is 117 Å². The topological polar surface area (TPSA) is 29.9 Å². The Morgan fingerprint density at radius 2 is 2.21 bits per heavy atom. The van der Waals surface area contributed by atoms with Crippen LogP contribution >= 0.6 is 11.6 Å². The maximum Gasteiger partial charge on any atom is 0.143 e. The molecule has 0 saturated carbocycles. The van der Waals surface area contributed by atoms with Crippen LogP contribution in [0.2, 0.25) is 5.02 Å². The number of nitrogens with one attached hydrogen (secondary N) is 1. The average Bonchev–Trinajstić information content (AvgIpc) is 2.75. The fourth-order valence-corrected chi connectivity index (χ4v) is 2.01. The SMILES string of the molecule is CCCNCc1cnn(-c2ccc(Cl)c(F)c2)c1C. The van der Waals surface area contributed by atoms with Gasteiger partial charge in [-0.2, -0.15) is 5.10 Å². The maximum atomic E-state index is 13.5. The molecule has 5 heteroatoms. The molecule has 1 N–H and O–H groups in total. The van der Waals surface area contributed by atoms with Gasteiger partial charge in [-0.1, -0.05) is 18.5 Å². The number of aromatic nitrogens is 2. The zero-order valence-corrected chi connectivity index (χ0v) is 11.8. The molecule has 0 spiro atoms. The summed E-state index contributed by atoms with van der Waals surface area (Å²) in [7, 11) is 0. The van der Waals surface area contributed by atoms with Crippen LogP contribution in [0.3, 0.4) is 0 Å². The third-order valence-corrected chi connectivity index (χ3v) is 3.31. The lowest BCUT2D eigenvalue weighted by Crippen LogP contribution is -2.14. The second-order valence-electron chi connectivity index (χ2n) is 4.44. The number of nitrogens with zero attached hydrogens (tertiary/aromatic N) is 2. The largest absolute Gasteiger partial charge is 0.313 e. The summed E-state index contributed by atoms with van der Waals surface area (Å²) < 4.78 is 15.2. The summed E-state index contributed by atoms with van der Waals surface area (Å²) in [5, 5.41) is 7.75. The van der Waals surface area contributed by atoms with Gasteiger partial charge in [0.1, 0.15) is 5.82 Å². The van der Waals surface area contributed by atoms with Crippen LogP contribution in [0.1, 0.15) is 24.6 Å². The molecule has 0 aliphatic carbocycles. The van der Waals surface area contributed by atoms with Crippen LogP contribution in [-0.2, 0) is 6.54 Å². The lowest BCUT2D eigenvalue weighted by Gasteiger charge is -2.07. The zero-order valence-electron chi connectivity index (χ0n) is 11.1. The van der Waals surface area contributed by atoms with Crippen LogP contribution in [0.15, 0.2) is 24.4 Å². The summed E-state index contributed by atoms with van der Waals surface area (Å²) >= 11 is 5.68. The molecule has 0 aliphatic rings. The van der Waals surface area contributed by atoms with Crippen molar-refractivity contribution in [3.8, 4) is 5.69 Å². The van der Waals surface area contributed by atoms with E-state index in [0.717, 1.165) is 30.8 Å². The first kappa shape index (κ1) is 14.0. The van der Waals surface area contributed by atoms with Gasteiger partial charge < -0.3 is 5.32 Å². The highest BCUT2D eigenvalue weighted by atomic mass is 35.5. The van der Waals surface area contributed by atoms with Crippen molar-refractivity contribution in [1.82, 2.24) is 15.1 Å². The first-order valence-electron chi connectivity index (χ1n) is 6.33. The van der Waals surface area contributed by atoms with E-state index in [2.05, 4.69) is 17.3 Å². The molecule has 0 atom stereocenters. The molecule has 2 rings (SSSR count). The van der Waals surface area contributed by atoms with Crippen molar-refractivity contribution in [3.63, 3.8) is 0 Å². The minimum atomic E-state index is -0.431. The van der Waals surface area contributed by atoms with Crippen molar-refractivity contribution in [3.05, 3.63) is 46.5 Å². The maximum absolute atomic E-state index is 13.5. The first-order valence-corrected chi connectivity index (χ1v) is 6.71. The molecular formula is C14H17ClFN3. The molecule has 1 aromatic carbocycles.